The SMILES string of the molecule is Cc1cc([C@H](O)CO)cnc1-c1cc2ccnc(Nc3ccc(C(F)(F)F)cc3)c2cn1. The van der Waals surface area contributed by atoms with Crippen LogP contribution in [0.15, 0.2) is 61.1 Å². The maximum Gasteiger partial charge on any atom is 0.416 e. The molecule has 0 saturated heterocycles. The van der Waals surface area contributed by atoms with Gasteiger partial charge in [-0.05, 0) is 60.3 Å². The highest BCUT2D eigenvalue weighted by atomic mass is 19.4. The number of hydrogen-bond donors (Lipinski definition) is 3. The molecule has 0 aliphatic heterocycles. The monoisotopic (exact) mass is 440 g/mol. The number of aliphatic hydroxyl groups excluding tert-OH is 2. The van der Waals surface area contributed by atoms with Crippen LogP contribution in [0, 0.1) is 6.92 Å². The normalized spacial score (nSPS) is 12.7. The van der Waals surface area contributed by atoms with Crippen molar-refractivity contribution in [2.75, 3.05) is 11.9 Å². The summed E-state index contributed by atoms with van der Waals surface area (Å²) in [6.07, 6.45) is -0.665. The number of aryl methyl sites for hydroxylation is 1. The van der Waals surface area contributed by atoms with Crippen molar-refractivity contribution in [1.29, 1.82) is 0 Å². The second kappa shape index (κ2) is 8.52. The van der Waals surface area contributed by atoms with E-state index in [4.69, 9.17) is 5.11 Å². The van der Waals surface area contributed by atoms with Gasteiger partial charge in [0.15, 0.2) is 0 Å². The summed E-state index contributed by atoms with van der Waals surface area (Å²) in [7, 11) is 0. The lowest BCUT2D eigenvalue weighted by molar-refractivity contribution is -0.137. The summed E-state index contributed by atoms with van der Waals surface area (Å²) < 4.78 is 38.3. The standard InChI is InChI=1S/C23H19F3N4O2/c1-13-8-15(20(32)12-31)10-29-21(13)19-9-14-6-7-27-22(18(14)11-28-19)30-17-4-2-16(3-5-17)23(24,25)26/h2-11,20,31-32H,12H2,1H3,(H,27,30)/t20-/m1/s1. The van der Waals surface area contributed by atoms with E-state index in [0.29, 0.717) is 33.8 Å². The maximum atomic E-state index is 12.8. The van der Waals surface area contributed by atoms with Crippen LogP contribution in [0.25, 0.3) is 22.2 Å². The first-order chi connectivity index (χ1) is 15.3. The van der Waals surface area contributed by atoms with E-state index in [1.54, 1.807) is 24.5 Å². The second-order valence-electron chi connectivity index (χ2n) is 7.28. The van der Waals surface area contributed by atoms with Crippen molar-refractivity contribution in [3.05, 3.63) is 77.7 Å². The van der Waals surface area contributed by atoms with Crippen molar-refractivity contribution in [3.63, 3.8) is 0 Å². The molecule has 0 saturated carbocycles. The molecule has 1 atom stereocenters. The molecule has 0 aliphatic rings. The first kappa shape index (κ1) is 21.7. The quantitative estimate of drug-likeness (QED) is 0.413. The van der Waals surface area contributed by atoms with Crippen molar-refractivity contribution in [2.24, 2.45) is 0 Å². The van der Waals surface area contributed by atoms with E-state index in [1.807, 2.05) is 13.0 Å². The van der Waals surface area contributed by atoms with Gasteiger partial charge in [-0.3, -0.25) is 9.97 Å². The maximum absolute atomic E-state index is 12.8. The van der Waals surface area contributed by atoms with Crippen molar-refractivity contribution < 1.29 is 23.4 Å². The Balaban J connectivity index is 1.64. The van der Waals surface area contributed by atoms with E-state index >= 15 is 0 Å². The van der Waals surface area contributed by atoms with Crippen LogP contribution in [-0.2, 0) is 6.18 Å². The van der Waals surface area contributed by atoms with Crippen LogP contribution in [0.4, 0.5) is 24.7 Å². The molecule has 0 unspecified atom stereocenters. The Morgan fingerprint density at radius 3 is 2.41 bits per heavy atom. The first-order valence-electron chi connectivity index (χ1n) is 9.71. The Morgan fingerprint density at radius 1 is 1.00 bits per heavy atom. The Morgan fingerprint density at radius 2 is 1.75 bits per heavy atom. The number of fused-ring (bicyclic) bond motifs is 1. The lowest BCUT2D eigenvalue weighted by Crippen LogP contribution is -2.05. The largest absolute Gasteiger partial charge is 0.416 e. The van der Waals surface area contributed by atoms with E-state index in [2.05, 4.69) is 20.3 Å². The molecule has 0 amide bonds. The van der Waals surface area contributed by atoms with Crippen LogP contribution in [0.3, 0.4) is 0 Å². The lowest BCUT2D eigenvalue weighted by atomic mass is 10.1. The van der Waals surface area contributed by atoms with Crippen molar-refractivity contribution in [1.82, 2.24) is 15.0 Å². The van der Waals surface area contributed by atoms with Gasteiger partial charge in [0.2, 0.25) is 0 Å². The highest BCUT2D eigenvalue weighted by molar-refractivity contribution is 5.94. The molecule has 3 heterocycles. The smallest absolute Gasteiger partial charge is 0.393 e. The van der Waals surface area contributed by atoms with E-state index < -0.39 is 24.5 Å². The topological polar surface area (TPSA) is 91.2 Å². The van der Waals surface area contributed by atoms with Gasteiger partial charge in [0.1, 0.15) is 11.9 Å². The fraction of sp³-hybridized carbons (Fsp3) is 0.174. The molecule has 1 aromatic carbocycles. The predicted octanol–water partition coefficient (Wildman–Crippen LogP) is 4.79. The number of benzene rings is 1. The summed E-state index contributed by atoms with van der Waals surface area (Å²) in [6, 6.07) is 10.1. The average Bonchev–Trinajstić information content (AvgIpc) is 2.78. The van der Waals surface area contributed by atoms with Crippen molar-refractivity contribution in [2.45, 2.75) is 19.2 Å². The summed E-state index contributed by atoms with van der Waals surface area (Å²) in [6.45, 7) is 1.45. The average molecular weight is 440 g/mol. The van der Waals surface area contributed by atoms with Gasteiger partial charge in [-0.2, -0.15) is 13.2 Å². The van der Waals surface area contributed by atoms with Crippen molar-refractivity contribution in [3.8, 4) is 11.4 Å². The fourth-order valence-electron chi connectivity index (χ4n) is 3.33. The van der Waals surface area contributed by atoms with Gasteiger partial charge >= 0.3 is 6.18 Å². The van der Waals surface area contributed by atoms with Gasteiger partial charge in [-0.25, -0.2) is 4.98 Å². The Labute approximate surface area is 181 Å². The third kappa shape index (κ3) is 4.39. The number of nitrogens with one attached hydrogen (secondary N) is 1. The van der Waals surface area contributed by atoms with Gasteiger partial charge in [0.05, 0.1) is 23.6 Å². The number of nitrogens with zero attached hydrogens (tertiary/aromatic N) is 3. The number of pyridine rings is 3. The van der Waals surface area contributed by atoms with Crippen LogP contribution >= 0.6 is 0 Å². The van der Waals surface area contributed by atoms with Crippen LogP contribution in [0.5, 0.6) is 0 Å². The summed E-state index contributed by atoms with van der Waals surface area (Å²) in [5, 5.41) is 23.5. The number of anilines is 2. The minimum atomic E-state index is -4.39. The molecule has 6 nitrogen and oxygen atoms in total. The molecule has 0 aliphatic carbocycles. The third-order valence-corrected chi connectivity index (χ3v) is 5.02. The van der Waals surface area contributed by atoms with E-state index in [-0.39, 0.29) is 0 Å². The highest BCUT2D eigenvalue weighted by Crippen LogP contribution is 2.32. The number of aliphatic hydroxyl groups is 2. The summed E-state index contributed by atoms with van der Waals surface area (Å²) in [5.41, 5.74) is 2.31. The zero-order valence-electron chi connectivity index (χ0n) is 16.9. The van der Waals surface area contributed by atoms with Gasteiger partial charge in [0.25, 0.3) is 0 Å². The Hall–Kier alpha value is -3.56. The van der Waals surface area contributed by atoms with Crippen LogP contribution in [0.2, 0.25) is 0 Å². The van der Waals surface area contributed by atoms with Crippen molar-refractivity contribution >= 4 is 22.3 Å². The molecule has 4 aromatic rings. The number of hydrogen-bond acceptors (Lipinski definition) is 6. The molecular formula is C23H19F3N4O2. The van der Waals surface area contributed by atoms with Crippen LogP contribution < -0.4 is 5.32 Å². The summed E-state index contributed by atoms with van der Waals surface area (Å²) >= 11 is 0. The molecule has 164 valence electrons. The molecule has 0 spiro atoms. The molecule has 3 N–H and O–H groups in total. The van der Waals surface area contributed by atoms with E-state index in [9.17, 15) is 18.3 Å². The van der Waals surface area contributed by atoms with Gasteiger partial charge < -0.3 is 15.5 Å². The summed E-state index contributed by atoms with van der Waals surface area (Å²) in [5.74, 6) is 0.465. The first-order valence-corrected chi connectivity index (χ1v) is 9.71. The van der Waals surface area contributed by atoms with Gasteiger partial charge in [-0.15, -0.1) is 0 Å². The molecular weight excluding hydrogens is 421 g/mol. The van der Waals surface area contributed by atoms with Crippen LogP contribution in [0.1, 0.15) is 22.8 Å². The fourth-order valence-corrected chi connectivity index (χ4v) is 3.33. The van der Waals surface area contributed by atoms with Gasteiger partial charge in [0, 0.05) is 35.2 Å². The number of halogens is 3. The number of alkyl halides is 3. The zero-order chi connectivity index (χ0) is 22.9. The van der Waals surface area contributed by atoms with Gasteiger partial charge in [-0.1, -0.05) is 0 Å². The Kier molecular flexibility index (Phi) is 5.77. The molecule has 0 radical (unpaired) electrons. The molecule has 0 bridgehead atoms. The number of rotatable bonds is 5. The molecule has 4 rings (SSSR count). The molecule has 32 heavy (non-hydrogen) atoms. The molecule has 3 aromatic heterocycles. The Bertz CT molecular complexity index is 1260. The molecule has 9 heteroatoms. The second-order valence-corrected chi connectivity index (χ2v) is 7.28. The predicted molar refractivity (Wildman–Crippen MR) is 114 cm³/mol. The highest BCUT2D eigenvalue weighted by Gasteiger charge is 2.29. The van der Waals surface area contributed by atoms with Crippen LogP contribution in [-0.4, -0.2) is 31.8 Å². The summed E-state index contributed by atoms with van der Waals surface area (Å²) in [4.78, 5) is 13.2. The number of aromatic nitrogens is 3. The van der Waals surface area contributed by atoms with E-state index in [1.165, 1.54) is 18.3 Å². The van der Waals surface area contributed by atoms with E-state index in [0.717, 1.165) is 23.1 Å². The lowest BCUT2D eigenvalue weighted by Gasteiger charge is -2.12. The minimum Gasteiger partial charge on any atom is -0.393 e. The minimum absolute atomic E-state index is 0.392. The molecule has 0 fully saturated rings. The zero-order valence-corrected chi connectivity index (χ0v) is 16.9. The third-order valence-electron chi connectivity index (χ3n) is 5.02.